The van der Waals surface area contributed by atoms with Crippen molar-refractivity contribution < 1.29 is 4.79 Å². The van der Waals surface area contributed by atoms with Crippen molar-refractivity contribution in [1.82, 2.24) is 5.32 Å². The first-order chi connectivity index (χ1) is 5.09. The van der Waals surface area contributed by atoms with Crippen LogP contribution in [0.4, 0.5) is 0 Å². The van der Waals surface area contributed by atoms with E-state index in [1.807, 2.05) is 6.92 Å². The van der Waals surface area contributed by atoms with Gasteiger partial charge in [-0.05, 0) is 18.8 Å². The van der Waals surface area contributed by atoms with E-state index in [1.54, 1.807) is 0 Å². The second kappa shape index (κ2) is 3.24. The maximum absolute atomic E-state index is 11.1. The Kier molecular flexibility index (Phi) is 2.53. The van der Waals surface area contributed by atoms with Crippen molar-refractivity contribution in [3.63, 3.8) is 0 Å². The number of hydrogen-bond acceptors (Lipinski definition) is 1. The van der Waals surface area contributed by atoms with Gasteiger partial charge in [-0.2, -0.15) is 0 Å². The Balaban J connectivity index is 2.35. The molecule has 1 rings (SSSR count). The molecular formula is C9H17NO. The van der Waals surface area contributed by atoms with Gasteiger partial charge in [-0.15, -0.1) is 0 Å². The molecule has 2 unspecified atom stereocenters. The molecule has 2 heteroatoms. The molecule has 1 amide bonds. The van der Waals surface area contributed by atoms with Crippen molar-refractivity contribution >= 4 is 5.91 Å². The maximum Gasteiger partial charge on any atom is 0.223 e. The van der Waals surface area contributed by atoms with Gasteiger partial charge in [0.15, 0.2) is 0 Å². The van der Waals surface area contributed by atoms with Crippen LogP contribution in [0.5, 0.6) is 0 Å². The highest BCUT2D eigenvalue weighted by Gasteiger charge is 2.28. The minimum atomic E-state index is 0.232. The van der Waals surface area contributed by atoms with Gasteiger partial charge >= 0.3 is 0 Å². The number of carbonyl (C=O) groups is 1. The van der Waals surface area contributed by atoms with Gasteiger partial charge in [0.1, 0.15) is 0 Å². The van der Waals surface area contributed by atoms with Crippen LogP contribution in [0.2, 0.25) is 0 Å². The average Bonchev–Trinajstić information content (AvgIpc) is 2.10. The molecule has 0 bridgehead atoms. The summed E-state index contributed by atoms with van der Waals surface area (Å²) in [6.45, 7) is 6.37. The molecule has 1 fully saturated rings. The van der Waals surface area contributed by atoms with Gasteiger partial charge in [-0.1, -0.05) is 20.8 Å². The van der Waals surface area contributed by atoms with E-state index in [9.17, 15) is 4.79 Å². The summed E-state index contributed by atoms with van der Waals surface area (Å²) in [5, 5.41) is 3.00. The van der Waals surface area contributed by atoms with Gasteiger partial charge < -0.3 is 5.32 Å². The van der Waals surface area contributed by atoms with Crippen LogP contribution in [-0.4, -0.2) is 11.9 Å². The standard InChI is InChI=1S/C9H17NO/c1-6(2)4-8-5-7(3)9(11)10-8/h6-8H,4-5H2,1-3H3,(H,10,11). The number of carbonyl (C=O) groups excluding carboxylic acids is 1. The topological polar surface area (TPSA) is 29.1 Å². The maximum atomic E-state index is 11.1. The van der Waals surface area contributed by atoms with Gasteiger partial charge in [0.05, 0.1) is 0 Å². The van der Waals surface area contributed by atoms with Gasteiger partial charge in [0.25, 0.3) is 0 Å². The van der Waals surface area contributed by atoms with Gasteiger partial charge in [-0.3, -0.25) is 4.79 Å². The lowest BCUT2D eigenvalue weighted by Gasteiger charge is -2.11. The second-order valence-corrected chi connectivity index (χ2v) is 3.97. The van der Waals surface area contributed by atoms with E-state index < -0.39 is 0 Å². The summed E-state index contributed by atoms with van der Waals surface area (Å²) in [5.41, 5.74) is 0. The highest BCUT2D eigenvalue weighted by atomic mass is 16.2. The molecule has 0 aliphatic carbocycles. The van der Waals surface area contributed by atoms with E-state index in [2.05, 4.69) is 19.2 Å². The molecule has 1 aliphatic rings. The molecule has 2 nitrogen and oxygen atoms in total. The third-order valence-electron chi connectivity index (χ3n) is 2.19. The molecule has 1 aliphatic heterocycles. The molecule has 0 radical (unpaired) electrons. The number of rotatable bonds is 2. The van der Waals surface area contributed by atoms with E-state index in [4.69, 9.17) is 0 Å². The largest absolute Gasteiger partial charge is 0.353 e. The molecule has 1 N–H and O–H groups in total. The van der Waals surface area contributed by atoms with Gasteiger partial charge in [0, 0.05) is 12.0 Å². The lowest BCUT2D eigenvalue weighted by atomic mass is 9.99. The molecule has 0 aromatic rings. The summed E-state index contributed by atoms with van der Waals surface area (Å²) in [5.74, 6) is 1.15. The first-order valence-corrected chi connectivity index (χ1v) is 4.40. The summed E-state index contributed by atoms with van der Waals surface area (Å²) in [4.78, 5) is 11.1. The third kappa shape index (κ3) is 2.21. The Bertz CT molecular complexity index is 154. The van der Waals surface area contributed by atoms with Crippen molar-refractivity contribution in [2.45, 2.75) is 39.7 Å². The van der Waals surface area contributed by atoms with Crippen LogP contribution in [0, 0.1) is 11.8 Å². The predicted molar refractivity (Wildman–Crippen MR) is 45.2 cm³/mol. The Morgan fingerprint density at radius 2 is 2.27 bits per heavy atom. The van der Waals surface area contributed by atoms with E-state index >= 15 is 0 Å². The van der Waals surface area contributed by atoms with E-state index in [0.717, 1.165) is 12.8 Å². The van der Waals surface area contributed by atoms with Crippen LogP contribution in [0.25, 0.3) is 0 Å². The number of nitrogens with one attached hydrogen (secondary N) is 1. The first kappa shape index (κ1) is 8.57. The van der Waals surface area contributed by atoms with Crippen LogP contribution in [0.3, 0.4) is 0 Å². The van der Waals surface area contributed by atoms with E-state index in [-0.39, 0.29) is 11.8 Å². The molecule has 1 heterocycles. The zero-order chi connectivity index (χ0) is 8.43. The van der Waals surface area contributed by atoms with Gasteiger partial charge in [0.2, 0.25) is 5.91 Å². The smallest absolute Gasteiger partial charge is 0.223 e. The fourth-order valence-corrected chi connectivity index (χ4v) is 1.66. The van der Waals surface area contributed by atoms with Crippen molar-refractivity contribution in [2.75, 3.05) is 0 Å². The fourth-order valence-electron chi connectivity index (χ4n) is 1.66. The minimum Gasteiger partial charge on any atom is -0.353 e. The molecule has 0 saturated carbocycles. The van der Waals surface area contributed by atoms with Crippen molar-refractivity contribution in [3.05, 3.63) is 0 Å². The summed E-state index contributed by atoms with van der Waals surface area (Å²) in [7, 11) is 0. The summed E-state index contributed by atoms with van der Waals surface area (Å²) >= 11 is 0. The second-order valence-electron chi connectivity index (χ2n) is 3.97. The molecule has 64 valence electrons. The number of amides is 1. The van der Waals surface area contributed by atoms with Crippen molar-refractivity contribution in [2.24, 2.45) is 11.8 Å². The lowest BCUT2D eigenvalue weighted by molar-refractivity contribution is -0.122. The summed E-state index contributed by atoms with van der Waals surface area (Å²) in [6, 6.07) is 0.442. The normalized spacial score (nSPS) is 31.1. The highest BCUT2D eigenvalue weighted by molar-refractivity contribution is 5.80. The zero-order valence-electron chi connectivity index (χ0n) is 7.55. The highest BCUT2D eigenvalue weighted by Crippen LogP contribution is 2.19. The van der Waals surface area contributed by atoms with E-state index in [0.29, 0.717) is 12.0 Å². The third-order valence-corrected chi connectivity index (χ3v) is 2.19. The molecule has 1 saturated heterocycles. The Morgan fingerprint density at radius 1 is 1.64 bits per heavy atom. The SMILES string of the molecule is CC(C)CC1CC(C)C(=O)N1. The molecule has 11 heavy (non-hydrogen) atoms. The molecule has 0 aromatic heterocycles. The average molecular weight is 155 g/mol. The van der Waals surface area contributed by atoms with Crippen molar-refractivity contribution in [1.29, 1.82) is 0 Å². The summed E-state index contributed by atoms with van der Waals surface area (Å²) in [6.07, 6.45) is 2.15. The van der Waals surface area contributed by atoms with Crippen LogP contribution in [0.15, 0.2) is 0 Å². The first-order valence-electron chi connectivity index (χ1n) is 4.40. The zero-order valence-corrected chi connectivity index (χ0v) is 7.55. The fraction of sp³-hybridized carbons (Fsp3) is 0.889. The molecule has 2 atom stereocenters. The Labute approximate surface area is 68.4 Å². The summed E-state index contributed by atoms with van der Waals surface area (Å²) < 4.78 is 0. The Morgan fingerprint density at radius 3 is 2.64 bits per heavy atom. The predicted octanol–water partition coefficient (Wildman–Crippen LogP) is 1.56. The molecular weight excluding hydrogens is 138 g/mol. The van der Waals surface area contributed by atoms with Crippen LogP contribution in [-0.2, 0) is 4.79 Å². The monoisotopic (exact) mass is 155 g/mol. The van der Waals surface area contributed by atoms with Gasteiger partial charge in [-0.25, -0.2) is 0 Å². The van der Waals surface area contributed by atoms with Crippen LogP contribution < -0.4 is 5.32 Å². The Hall–Kier alpha value is -0.530. The quantitative estimate of drug-likeness (QED) is 0.644. The van der Waals surface area contributed by atoms with E-state index in [1.165, 1.54) is 0 Å². The minimum absolute atomic E-state index is 0.232. The lowest BCUT2D eigenvalue weighted by Crippen LogP contribution is -2.27. The molecule has 0 aromatic carbocycles. The molecule has 0 spiro atoms. The van der Waals surface area contributed by atoms with Crippen LogP contribution in [0.1, 0.15) is 33.6 Å². The number of hydrogen-bond donors (Lipinski definition) is 1. The van der Waals surface area contributed by atoms with Crippen molar-refractivity contribution in [3.8, 4) is 0 Å². The van der Waals surface area contributed by atoms with Crippen LogP contribution >= 0.6 is 0 Å².